The van der Waals surface area contributed by atoms with Gasteiger partial charge in [-0.05, 0) is 24.8 Å². The van der Waals surface area contributed by atoms with Crippen molar-refractivity contribution >= 4 is 11.9 Å². The summed E-state index contributed by atoms with van der Waals surface area (Å²) in [5, 5.41) is 8.72. The van der Waals surface area contributed by atoms with Gasteiger partial charge in [-0.2, -0.15) is 0 Å². The van der Waals surface area contributed by atoms with E-state index < -0.39 is 30.4 Å². The van der Waals surface area contributed by atoms with Gasteiger partial charge in [0.05, 0.1) is 6.42 Å². The molecule has 22 heavy (non-hydrogen) atoms. The minimum absolute atomic E-state index is 0.0937. The van der Waals surface area contributed by atoms with Crippen LogP contribution in [0.4, 0.5) is 8.78 Å². The molecule has 1 aliphatic carbocycles. The van der Waals surface area contributed by atoms with Gasteiger partial charge in [0.1, 0.15) is 5.60 Å². The first-order chi connectivity index (χ1) is 10.3. The molecule has 1 N–H and O–H groups in total. The van der Waals surface area contributed by atoms with E-state index in [-0.39, 0.29) is 11.1 Å². The number of carboxylic acids is 1. The molecule has 118 valence electrons. The molecule has 0 atom stereocenters. The second-order valence-electron chi connectivity index (χ2n) is 5.33. The van der Waals surface area contributed by atoms with Crippen molar-refractivity contribution in [3.63, 3.8) is 0 Å². The van der Waals surface area contributed by atoms with Crippen LogP contribution >= 0.6 is 0 Å². The van der Waals surface area contributed by atoms with E-state index in [9.17, 15) is 18.4 Å². The molecule has 0 bridgehead atoms. The Morgan fingerprint density at radius 1 is 1.27 bits per heavy atom. The van der Waals surface area contributed by atoms with Crippen LogP contribution in [0, 0.1) is 0 Å². The molecule has 0 spiro atoms. The molecule has 0 aliphatic heterocycles. The van der Waals surface area contributed by atoms with Crippen LogP contribution in [0.3, 0.4) is 0 Å². The van der Waals surface area contributed by atoms with Gasteiger partial charge in [-0.15, -0.1) is 0 Å². The predicted octanol–water partition coefficient (Wildman–Crippen LogP) is 3.58. The SMILES string of the molecule is C=C(CC(=O)OC1(c2ccc(C(F)F)cc2)CCC1)C(=O)O. The molecule has 0 heterocycles. The van der Waals surface area contributed by atoms with Crippen LogP contribution in [0.1, 0.15) is 43.2 Å². The average Bonchev–Trinajstić information content (AvgIpc) is 2.42. The maximum atomic E-state index is 12.6. The summed E-state index contributed by atoms with van der Waals surface area (Å²) in [6, 6.07) is 5.67. The second-order valence-corrected chi connectivity index (χ2v) is 5.33. The van der Waals surface area contributed by atoms with Crippen molar-refractivity contribution in [1.82, 2.24) is 0 Å². The fourth-order valence-electron chi connectivity index (χ4n) is 2.38. The predicted molar refractivity (Wildman–Crippen MR) is 74.4 cm³/mol. The summed E-state index contributed by atoms with van der Waals surface area (Å²) in [5.41, 5.74) is -0.523. The van der Waals surface area contributed by atoms with Crippen molar-refractivity contribution in [1.29, 1.82) is 0 Å². The third kappa shape index (κ3) is 3.32. The number of halogens is 2. The van der Waals surface area contributed by atoms with Gasteiger partial charge < -0.3 is 9.84 Å². The molecule has 2 rings (SSSR count). The van der Waals surface area contributed by atoms with Crippen molar-refractivity contribution in [2.24, 2.45) is 0 Å². The van der Waals surface area contributed by atoms with Crippen LogP contribution in [0.5, 0.6) is 0 Å². The summed E-state index contributed by atoms with van der Waals surface area (Å²) in [4.78, 5) is 22.5. The maximum absolute atomic E-state index is 12.6. The summed E-state index contributed by atoms with van der Waals surface area (Å²) < 4.78 is 30.6. The average molecular weight is 310 g/mol. The first kappa shape index (κ1) is 16.1. The van der Waals surface area contributed by atoms with Crippen LogP contribution in [-0.2, 0) is 19.9 Å². The number of ether oxygens (including phenoxy) is 1. The van der Waals surface area contributed by atoms with E-state index >= 15 is 0 Å². The molecular formula is C16H16F2O4. The standard InChI is InChI=1S/C16H16F2O4/c1-10(15(20)21)9-13(19)22-16(7-2-8-16)12-5-3-11(4-6-12)14(17)18/h3-6,14H,1-2,7-9H2,(H,20,21). The molecular weight excluding hydrogens is 294 g/mol. The molecule has 1 aromatic rings. The smallest absolute Gasteiger partial charge is 0.331 e. The minimum atomic E-state index is -2.55. The molecule has 1 saturated carbocycles. The van der Waals surface area contributed by atoms with Crippen LogP contribution in [0.25, 0.3) is 0 Å². The number of hydrogen-bond donors (Lipinski definition) is 1. The molecule has 1 aliphatic rings. The minimum Gasteiger partial charge on any atom is -0.478 e. The quantitative estimate of drug-likeness (QED) is 0.644. The Hall–Kier alpha value is -2.24. The van der Waals surface area contributed by atoms with E-state index in [4.69, 9.17) is 9.84 Å². The second kappa shape index (κ2) is 6.25. The monoisotopic (exact) mass is 310 g/mol. The van der Waals surface area contributed by atoms with Crippen LogP contribution in [0.2, 0.25) is 0 Å². The molecule has 0 radical (unpaired) electrons. The number of carbonyl (C=O) groups excluding carboxylic acids is 1. The maximum Gasteiger partial charge on any atom is 0.331 e. The molecule has 1 fully saturated rings. The zero-order valence-electron chi connectivity index (χ0n) is 11.9. The number of carbonyl (C=O) groups is 2. The summed E-state index contributed by atoms with van der Waals surface area (Å²) in [5.74, 6) is -1.93. The molecule has 1 aromatic carbocycles. The van der Waals surface area contributed by atoms with Gasteiger partial charge in [0.2, 0.25) is 0 Å². The molecule has 0 unspecified atom stereocenters. The first-order valence-corrected chi connectivity index (χ1v) is 6.85. The number of alkyl halides is 2. The van der Waals surface area contributed by atoms with E-state index in [2.05, 4.69) is 6.58 Å². The molecule has 4 nitrogen and oxygen atoms in total. The van der Waals surface area contributed by atoms with Gasteiger partial charge in [0.25, 0.3) is 6.43 Å². The summed E-state index contributed by atoms with van der Waals surface area (Å²) in [6.45, 7) is 3.29. The van der Waals surface area contributed by atoms with Gasteiger partial charge in [-0.3, -0.25) is 4.79 Å². The Bertz CT molecular complexity index is 589. The Morgan fingerprint density at radius 2 is 1.86 bits per heavy atom. The normalized spacial score (nSPS) is 16.0. The van der Waals surface area contributed by atoms with Crippen LogP contribution in [-0.4, -0.2) is 17.0 Å². The highest BCUT2D eigenvalue weighted by molar-refractivity contribution is 5.91. The number of aliphatic carboxylic acids is 1. The van der Waals surface area contributed by atoms with Crippen molar-refractivity contribution in [3.8, 4) is 0 Å². The summed E-state index contributed by atoms with van der Waals surface area (Å²) in [6.07, 6.45) is -0.915. The Kier molecular flexibility index (Phi) is 4.59. The highest BCUT2D eigenvalue weighted by Gasteiger charge is 2.42. The Morgan fingerprint density at radius 3 is 2.27 bits per heavy atom. The molecule has 0 amide bonds. The lowest BCUT2D eigenvalue weighted by atomic mass is 9.74. The highest BCUT2D eigenvalue weighted by atomic mass is 19.3. The van der Waals surface area contributed by atoms with E-state index in [0.29, 0.717) is 18.4 Å². The number of hydrogen-bond acceptors (Lipinski definition) is 3. The lowest BCUT2D eigenvalue weighted by Gasteiger charge is -2.41. The molecule has 0 aromatic heterocycles. The van der Waals surface area contributed by atoms with Crippen molar-refractivity contribution < 1.29 is 28.2 Å². The van der Waals surface area contributed by atoms with Gasteiger partial charge in [0, 0.05) is 11.1 Å². The Labute approximate surface area is 126 Å². The Balaban J connectivity index is 2.10. The van der Waals surface area contributed by atoms with Crippen LogP contribution in [0.15, 0.2) is 36.4 Å². The van der Waals surface area contributed by atoms with Gasteiger partial charge in [-0.25, -0.2) is 13.6 Å². The van der Waals surface area contributed by atoms with E-state index in [1.54, 1.807) is 0 Å². The third-order valence-electron chi connectivity index (χ3n) is 3.82. The van der Waals surface area contributed by atoms with Gasteiger partial charge in [-0.1, -0.05) is 30.8 Å². The van der Waals surface area contributed by atoms with Crippen molar-refractivity contribution in [2.75, 3.05) is 0 Å². The van der Waals surface area contributed by atoms with Crippen LogP contribution < -0.4 is 0 Å². The van der Waals surface area contributed by atoms with Gasteiger partial charge in [0.15, 0.2) is 0 Å². The fraction of sp³-hybridized carbons (Fsp3) is 0.375. The highest BCUT2D eigenvalue weighted by Crippen LogP contribution is 2.45. The van der Waals surface area contributed by atoms with Gasteiger partial charge >= 0.3 is 11.9 Å². The van der Waals surface area contributed by atoms with E-state index in [0.717, 1.165) is 6.42 Å². The number of rotatable bonds is 6. The lowest BCUT2D eigenvalue weighted by molar-refractivity contribution is -0.171. The molecule has 0 saturated heterocycles. The summed E-state index contributed by atoms with van der Waals surface area (Å²) in [7, 11) is 0. The number of esters is 1. The lowest BCUT2D eigenvalue weighted by Crippen LogP contribution is -2.39. The van der Waals surface area contributed by atoms with Crippen molar-refractivity contribution in [2.45, 2.75) is 37.7 Å². The fourth-order valence-corrected chi connectivity index (χ4v) is 2.38. The van der Waals surface area contributed by atoms with E-state index in [1.165, 1.54) is 24.3 Å². The number of carboxylic acid groups (broad SMARTS) is 1. The topological polar surface area (TPSA) is 63.6 Å². The zero-order chi connectivity index (χ0) is 16.3. The first-order valence-electron chi connectivity index (χ1n) is 6.85. The third-order valence-corrected chi connectivity index (χ3v) is 3.82. The van der Waals surface area contributed by atoms with Crippen molar-refractivity contribution in [3.05, 3.63) is 47.5 Å². The zero-order valence-corrected chi connectivity index (χ0v) is 11.9. The number of benzene rings is 1. The largest absolute Gasteiger partial charge is 0.478 e. The summed E-state index contributed by atoms with van der Waals surface area (Å²) >= 11 is 0. The molecule has 6 heteroatoms. The van der Waals surface area contributed by atoms with E-state index in [1.807, 2.05) is 0 Å².